The molecule has 1 atom stereocenters. The normalized spacial score (nSPS) is 17.1. The number of carbonyl (C=O) groups excluding carboxylic acids is 1. The second-order valence-electron chi connectivity index (χ2n) is 10.6. The molecule has 6 nitrogen and oxygen atoms in total. The fourth-order valence-corrected chi connectivity index (χ4v) is 4.71. The van der Waals surface area contributed by atoms with Gasteiger partial charge in [0.1, 0.15) is 11.4 Å². The van der Waals surface area contributed by atoms with Gasteiger partial charge in [0.05, 0.1) is 30.0 Å². The molecule has 0 saturated carbocycles. The summed E-state index contributed by atoms with van der Waals surface area (Å²) in [5.74, 6) is -0.370. The average Bonchev–Trinajstić information content (AvgIpc) is 3.30. The van der Waals surface area contributed by atoms with Crippen LogP contribution in [-0.2, 0) is 21.1 Å². The Morgan fingerprint density at radius 2 is 1.78 bits per heavy atom. The van der Waals surface area contributed by atoms with Crippen molar-refractivity contribution in [1.29, 1.82) is 0 Å². The predicted octanol–water partition coefficient (Wildman–Crippen LogP) is 6.77. The zero-order valence-electron chi connectivity index (χ0n) is 21.3. The lowest BCUT2D eigenvalue weighted by Gasteiger charge is -2.42. The standard InChI is InChI=1S/C27H31F4N3O3/c1-17(22-14-20(27(29,30)31)13-18-15-32-33-23(18)22)36-16-26(19-5-7-21(28)8-6-19)9-11-34(12-10-26)24(35)37-25(2,3)4/h5-8,13-15,17H,9-12,16H2,1-4H3,(H,32,33). The van der Waals surface area contributed by atoms with Crippen LogP contribution in [0, 0.1) is 5.82 Å². The van der Waals surface area contributed by atoms with Crippen molar-refractivity contribution in [2.75, 3.05) is 19.7 Å². The summed E-state index contributed by atoms with van der Waals surface area (Å²) in [5.41, 5.74) is -0.274. The molecule has 4 rings (SSSR count). The van der Waals surface area contributed by atoms with Gasteiger partial charge in [-0.2, -0.15) is 18.3 Å². The molecule has 0 spiro atoms. The van der Waals surface area contributed by atoms with E-state index in [-0.39, 0.29) is 12.4 Å². The summed E-state index contributed by atoms with van der Waals surface area (Å²) in [7, 11) is 0. The highest BCUT2D eigenvalue weighted by molar-refractivity contribution is 5.82. The number of nitrogens with zero attached hydrogens (tertiary/aromatic N) is 2. The van der Waals surface area contributed by atoms with E-state index in [1.165, 1.54) is 18.3 Å². The van der Waals surface area contributed by atoms with E-state index in [0.29, 0.717) is 42.4 Å². The van der Waals surface area contributed by atoms with Gasteiger partial charge in [-0.25, -0.2) is 9.18 Å². The van der Waals surface area contributed by atoms with Gasteiger partial charge in [-0.1, -0.05) is 12.1 Å². The average molecular weight is 522 g/mol. The maximum absolute atomic E-state index is 13.7. The molecule has 200 valence electrons. The van der Waals surface area contributed by atoms with E-state index in [4.69, 9.17) is 9.47 Å². The Morgan fingerprint density at radius 3 is 2.38 bits per heavy atom. The highest BCUT2D eigenvalue weighted by atomic mass is 19.4. The van der Waals surface area contributed by atoms with E-state index in [9.17, 15) is 22.4 Å². The van der Waals surface area contributed by atoms with E-state index < -0.39 is 35.0 Å². The number of fused-ring (bicyclic) bond motifs is 1. The number of rotatable bonds is 5. The number of halogens is 4. The molecule has 1 aromatic heterocycles. The lowest BCUT2D eigenvalue weighted by atomic mass is 9.73. The molecule has 1 fully saturated rings. The van der Waals surface area contributed by atoms with Crippen LogP contribution in [0.15, 0.2) is 42.6 Å². The Morgan fingerprint density at radius 1 is 1.14 bits per heavy atom. The van der Waals surface area contributed by atoms with Crippen molar-refractivity contribution in [2.24, 2.45) is 0 Å². The quantitative estimate of drug-likeness (QED) is 0.377. The van der Waals surface area contributed by atoms with Crippen molar-refractivity contribution in [3.05, 3.63) is 65.1 Å². The number of likely N-dealkylation sites (tertiary alicyclic amines) is 1. The molecular formula is C27H31F4N3O3. The summed E-state index contributed by atoms with van der Waals surface area (Å²) >= 11 is 0. The smallest absolute Gasteiger partial charge is 0.416 e. The van der Waals surface area contributed by atoms with Crippen molar-refractivity contribution >= 4 is 17.0 Å². The molecule has 0 bridgehead atoms. The van der Waals surface area contributed by atoms with Crippen LogP contribution in [-0.4, -0.2) is 46.5 Å². The Labute approximate surface area is 212 Å². The third-order valence-corrected chi connectivity index (χ3v) is 6.78. The number of alkyl halides is 3. The van der Waals surface area contributed by atoms with E-state index in [0.717, 1.165) is 17.7 Å². The number of hydrogen-bond donors (Lipinski definition) is 1. The number of nitrogens with one attached hydrogen (secondary N) is 1. The van der Waals surface area contributed by atoms with Crippen molar-refractivity contribution in [3.63, 3.8) is 0 Å². The van der Waals surface area contributed by atoms with E-state index in [1.54, 1.807) is 44.7 Å². The van der Waals surface area contributed by atoms with E-state index in [1.807, 2.05) is 0 Å². The number of aromatic nitrogens is 2. The number of ether oxygens (including phenoxy) is 2. The van der Waals surface area contributed by atoms with Gasteiger partial charge in [0.15, 0.2) is 0 Å². The molecule has 10 heteroatoms. The first kappa shape index (κ1) is 26.9. The van der Waals surface area contributed by atoms with Crippen LogP contribution < -0.4 is 0 Å². The molecule has 37 heavy (non-hydrogen) atoms. The van der Waals surface area contributed by atoms with Crippen molar-refractivity contribution < 1.29 is 31.8 Å². The van der Waals surface area contributed by atoms with Gasteiger partial charge in [0.2, 0.25) is 0 Å². The van der Waals surface area contributed by atoms with E-state index >= 15 is 0 Å². The highest BCUT2D eigenvalue weighted by Crippen LogP contribution is 2.39. The zero-order chi connectivity index (χ0) is 27.0. The summed E-state index contributed by atoms with van der Waals surface area (Å²) in [4.78, 5) is 14.2. The lowest BCUT2D eigenvalue weighted by molar-refractivity contribution is -0.137. The summed E-state index contributed by atoms with van der Waals surface area (Å²) in [6, 6.07) is 8.29. The second kappa shape index (κ2) is 9.96. The summed E-state index contributed by atoms with van der Waals surface area (Å²) < 4.78 is 66.0. The molecule has 1 saturated heterocycles. The maximum atomic E-state index is 13.7. The predicted molar refractivity (Wildman–Crippen MR) is 131 cm³/mol. The van der Waals surface area contributed by atoms with Crippen LogP contribution in [0.5, 0.6) is 0 Å². The number of hydrogen-bond acceptors (Lipinski definition) is 4. The van der Waals surface area contributed by atoms with Gasteiger partial charge >= 0.3 is 12.3 Å². The van der Waals surface area contributed by atoms with Gasteiger partial charge < -0.3 is 14.4 Å². The largest absolute Gasteiger partial charge is 0.444 e. The van der Waals surface area contributed by atoms with Crippen molar-refractivity contribution in [1.82, 2.24) is 15.1 Å². The minimum atomic E-state index is -4.51. The van der Waals surface area contributed by atoms with Crippen LogP contribution in [0.25, 0.3) is 10.9 Å². The van der Waals surface area contributed by atoms with Gasteiger partial charge in [0.25, 0.3) is 0 Å². The Kier molecular flexibility index (Phi) is 7.25. The molecule has 1 amide bonds. The molecule has 0 aliphatic carbocycles. The van der Waals surface area contributed by atoms with Gasteiger partial charge in [-0.3, -0.25) is 5.10 Å². The minimum absolute atomic E-state index is 0.174. The Balaban J connectivity index is 1.57. The topological polar surface area (TPSA) is 67.4 Å². The number of H-pyrrole nitrogens is 1. The molecule has 1 N–H and O–H groups in total. The molecule has 2 heterocycles. The molecule has 3 aromatic rings. The molecule has 1 unspecified atom stereocenters. The SMILES string of the molecule is CC(OCC1(c2ccc(F)cc2)CCN(C(=O)OC(C)(C)C)CC1)c1cc(C(F)(F)F)cc2cn[nH]c12. The number of amides is 1. The van der Waals surface area contributed by atoms with Crippen LogP contribution in [0.1, 0.15) is 63.3 Å². The number of aromatic amines is 1. The number of piperidine rings is 1. The second-order valence-corrected chi connectivity index (χ2v) is 10.6. The van der Waals surface area contributed by atoms with Crippen LogP contribution in [0.4, 0.5) is 22.4 Å². The fourth-order valence-electron chi connectivity index (χ4n) is 4.71. The monoisotopic (exact) mass is 521 g/mol. The first-order valence-corrected chi connectivity index (χ1v) is 12.2. The summed E-state index contributed by atoms with van der Waals surface area (Å²) in [6.45, 7) is 8.08. The highest BCUT2D eigenvalue weighted by Gasteiger charge is 2.40. The van der Waals surface area contributed by atoms with Crippen LogP contribution >= 0.6 is 0 Å². The molecule has 0 radical (unpaired) electrons. The van der Waals surface area contributed by atoms with Gasteiger partial charge in [-0.05, 0) is 70.4 Å². The molecule has 1 aliphatic heterocycles. The maximum Gasteiger partial charge on any atom is 0.416 e. The van der Waals surface area contributed by atoms with Crippen molar-refractivity contribution in [2.45, 2.75) is 63.8 Å². The third-order valence-electron chi connectivity index (χ3n) is 6.78. The van der Waals surface area contributed by atoms with Crippen LogP contribution in [0.3, 0.4) is 0 Å². The Hall–Kier alpha value is -3.14. The zero-order valence-corrected chi connectivity index (χ0v) is 21.3. The molecule has 1 aliphatic rings. The van der Waals surface area contributed by atoms with Gasteiger partial charge in [0, 0.05) is 29.5 Å². The lowest BCUT2D eigenvalue weighted by Crippen LogP contribution is -2.48. The Bertz CT molecular complexity index is 1240. The van der Waals surface area contributed by atoms with Crippen molar-refractivity contribution in [3.8, 4) is 0 Å². The first-order valence-electron chi connectivity index (χ1n) is 12.2. The number of benzene rings is 2. The minimum Gasteiger partial charge on any atom is -0.444 e. The summed E-state index contributed by atoms with van der Waals surface area (Å²) in [5, 5.41) is 7.02. The summed E-state index contributed by atoms with van der Waals surface area (Å²) in [6.07, 6.45) is -3.21. The third kappa shape index (κ3) is 6.06. The molecule has 2 aromatic carbocycles. The molecular weight excluding hydrogens is 490 g/mol. The number of carbonyl (C=O) groups is 1. The van der Waals surface area contributed by atoms with E-state index in [2.05, 4.69) is 10.2 Å². The van der Waals surface area contributed by atoms with Gasteiger partial charge in [-0.15, -0.1) is 0 Å². The van der Waals surface area contributed by atoms with Crippen LogP contribution in [0.2, 0.25) is 0 Å². The first-order chi connectivity index (χ1) is 17.3. The fraction of sp³-hybridized carbons (Fsp3) is 0.481.